The number of methoxy groups -OCH3 is 1. The van der Waals surface area contributed by atoms with Crippen molar-refractivity contribution in [3.05, 3.63) is 35.7 Å². The molecule has 0 radical (unpaired) electrons. The van der Waals surface area contributed by atoms with Crippen molar-refractivity contribution in [1.29, 1.82) is 0 Å². The van der Waals surface area contributed by atoms with E-state index in [9.17, 15) is 0 Å². The lowest BCUT2D eigenvalue weighted by Crippen LogP contribution is -2.03. The van der Waals surface area contributed by atoms with Gasteiger partial charge in [0.25, 0.3) is 5.89 Å². The van der Waals surface area contributed by atoms with Gasteiger partial charge in [-0.15, -0.1) is 0 Å². The maximum absolute atomic E-state index is 5.58. The molecule has 0 spiro atoms. The zero-order chi connectivity index (χ0) is 14.4. The van der Waals surface area contributed by atoms with Crippen LogP contribution in [0.15, 0.2) is 28.8 Å². The van der Waals surface area contributed by atoms with Gasteiger partial charge >= 0.3 is 0 Å². The quantitative estimate of drug-likeness (QED) is 0.841. The highest BCUT2D eigenvalue weighted by Gasteiger charge is 2.17. The van der Waals surface area contributed by atoms with Crippen molar-refractivity contribution in [2.45, 2.75) is 32.3 Å². The first-order valence-corrected chi connectivity index (χ1v) is 6.94. The molecule has 2 N–H and O–H groups in total. The Balaban J connectivity index is 2.21. The first kappa shape index (κ1) is 14.7. The molecule has 1 aromatic heterocycles. The topological polar surface area (TPSA) is 74.2 Å². The number of rotatable bonds is 7. The van der Waals surface area contributed by atoms with Gasteiger partial charge in [0.05, 0.1) is 0 Å². The summed E-state index contributed by atoms with van der Waals surface area (Å²) < 4.78 is 10.7. The molecule has 2 rings (SSSR count). The van der Waals surface area contributed by atoms with E-state index in [0.717, 1.165) is 24.8 Å². The molecule has 0 bridgehead atoms. The summed E-state index contributed by atoms with van der Waals surface area (Å²) in [6.45, 7) is 2.73. The van der Waals surface area contributed by atoms with Gasteiger partial charge in [-0.2, -0.15) is 4.98 Å². The van der Waals surface area contributed by atoms with Crippen LogP contribution < -0.4 is 5.73 Å². The van der Waals surface area contributed by atoms with Crippen molar-refractivity contribution in [1.82, 2.24) is 10.1 Å². The predicted octanol–water partition coefficient (Wildman–Crippen LogP) is 2.73. The highest BCUT2D eigenvalue weighted by Crippen LogP contribution is 2.24. The molecule has 0 aliphatic rings. The summed E-state index contributed by atoms with van der Waals surface area (Å²) >= 11 is 0. The zero-order valence-corrected chi connectivity index (χ0v) is 12.0. The fourth-order valence-corrected chi connectivity index (χ4v) is 2.12. The van der Waals surface area contributed by atoms with Gasteiger partial charge in [-0.25, -0.2) is 0 Å². The Labute approximate surface area is 119 Å². The standard InChI is InChI=1S/C15H21N3O2/c1-3-5-13(19-2)14-17-15(20-18-14)12-7-4-6-11(10-12)8-9-16/h4,6-7,10,13H,3,5,8-9,16H2,1-2H3. The highest BCUT2D eigenvalue weighted by molar-refractivity contribution is 5.54. The summed E-state index contributed by atoms with van der Waals surface area (Å²) in [6.07, 6.45) is 2.62. The Morgan fingerprint density at radius 3 is 2.95 bits per heavy atom. The van der Waals surface area contributed by atoms with Crippen LogP contribution in [0.3, 0.4) is 0 Å². The Morgan fingerprint density at radius 1 is 1.40 bits per heavy atom. The maximum atomic E-state index is 5.58. The molecule has 1 unspecified atom stereocenters. The second-order valence-electron chi connectivity index (χ2n) is 4.71. The van der Waals surface area contributed by atoms with E-state index in [1.165, 1.54) is 5.56 Å². The molecule has 0 saturated carbocycles. The first-order valence-electron chi connectivity index (χ1n) is 6.94. The van der Waals surface area contributed by atoms with Gasteiger partial charge in [0.2, 0.25) is 5.82 Å². The number of aromatic nitrogens is 2. The van der Waals surface area contributed by atoms with Crippen molar-refractivity contribution in [3.63, 3.8) is 0 Å². The summed E-state index contributed by atoms with van der Waals surface area (Å²) in [7, 11) is 1.66. The molecule has 20 heavy (non-hydrogen) atoms. The van der Waals surface area contributed by atoms with Crippen LogP contribution in [0.5, 0.6) is 0 Å². The average molecular weight is 275 g/mol. The van der Waals surface area contributed by atoms with Crippen LogP contribution in [0.4, 0.5) is 0 Å². The van der Waals surface area contributed by atoms with Gasteiger partial charge in [0, 0.05) is 12.7 Å². The van der Waals surface area contributed by atoms with E-state index in [1.54, 1.807) is 7.11 Å². The summed E-state index contributed by atoms with van der Waals surface area (Å²) in [6, 6.07) is 8.01. The van der Waals surface area contributed by atoms with E-state index < -0.39 is 0 Å². The van der Waals surface area contributed by atoms with Gasteiger partial charge in [0.15, 0.2) is 0 Å². The Kier molecular flexibility index (Phi) is 5.26. The van der Waals surface area contributed by atoms with Gasteiger partial charge in [-0.05, 0) is 37.1 Å². The van der Waals surface area contributed by atoms with Crippen LogP contribution in [0.1, 0.15) is 37.3 Å². The molecular formula is C15H21N3O2. The summed E-state index contributed by atoms with van der Waals surface area (Å²) in [5, 5.41) is 4.02. The average Bonchev–Trinajstić information content (AvgIpc) is 2.95. The van der Waals surface area contributed by atoms with Crippen LogP contribution in [0.25, 0.3) is 11.5 Å². The molecule has 2 aromatic rings. The lowest BCUT2D eigenvalue weighted by atomic mass is 10.1. The molecule has 5 heteroatoms. The molecule has 1 aromatic carbocycles. The smallest absolute Gasteiger partial charge is 0.258 e. The van der Waals surface area contributed by atoms with Crippen molar-refractivity contribution in [2.24, 2.45) is 5.73 Å². The molecule has 0 aliphatic carbocycles. The number of hydrogen-bond donors (Lipinski definition) is 1. The molecule has 5 nitrogen and oxygen atoms in total. The van der Waals surface area contributed by atoms with E-state index in [2.05, 4.69) is 17.1 Å². The number of ether oxygens (including phenoxy) is 1. The van der Waals surface area contributed by atoms with Gasteiger partial charge in [-0.3, -0.25) is 0 Å². The molecule has 1 atom stereocenters. The number of nitrogens with zero attached hydrogens (tertiary/aromatic N) is 2. The Hall–Kier alpha value is -1.72. The number of hydrogen-bond acceptors (Lipinski definition) is 5. The van der Waals surface area contributed by atoms with E-state index in [4.69, 9.17) is 15.0 Å². The van der Waals surface area contributed by atoms with E-state index >= 15 is 0 Å². The Bertz CT molecular complexity index is 539. The summed E-state index contributed by atoms with van der Waals surface area (Å²) in [5.41, 5.74) is 7.66. The van der Waals surface area contributed by atoms with Gasteiger partial charge < -0.3 is 15.0 Å². The summed E-state index contributed by atoms with van der Waals surface area (Å²) in [5.74, 6) is 1.13. The maximum Gasteiger partial charge on any atom is 0.258 e. The van der Waals surface area contributed by atoms with E-state index in [1.807, 2.05) is 24.3 Å². The second-order valence-corrected chi connectivity index (χ2v) is 4.71. The molecule has 1 heterocycles. The third-order valence-corrected chi connectivity index (χ3v) is 3.17. The molecule has 108 valence electrons. The molecule has 0 saturated heterocycles. The predicted molar refractivity (Wildman–Crippen MR) is 77.2 cm³/mol. The van der Waals surface area contributed by atoms with Gasteiger partial charge in [-0.1, -0.05) is 30.6 Å². The van der Waals surface area contributed by atoms with E-state index in [-0.39, 0.29) is 6.10 Å². The normalized spacial score (nSPS) is 12.6. The largest absolute Gasteiger partial charge is 0.373 e. The molecule has 0 amide bonds. The third kappa shape index (κ3) is 3.43. The Morgan fingerprint density at radius 2 is 2.25 bits per heavy atom. The van der Waals surface area contributed by atoms with Crippen LogP contribution >= 0.6 is 0 Å². The SMILES string of the molecule is CCCC(OC)c1noc(-c2cccc(CCN)c2)n1. The monoisotopic (exact) mass is 275 g/mol. The lowest BCUT2D eigenvalue weighted by Gasteiger charge is -2.08. The third-order valence-electron chi connectivity index (χ3n) is 3.17. The minimum atomic E-state index is -0.107. The highest BCUT2D eigenvalue weighted by atomic mass is 16.5. The minimum Gasteiger partial charge on any atom is -0.373 e. The van der Waals surface area contributed by atoms with Crippen LogP contribution in [-0.2, 0) is 11.2 Å². The molecule has 0 fully saturated rings. The van der Waals surface area contributed by atoms with Crippen molar-refractivity contribution < 1.29 is 9.26 Å². The summed E-state index contributed by atoms with van der Waals surface area (Å²) in [4.78, 5) is 4.44. The fourth-order valence-electron chi connectivity index (χ4n) is 2.12. The second kappa shape index (κ2) is 7.17. The minimum absolute atomic E-state index is 0.107. The van der Waals surface area contributed by atoms with Crippen LogP contribution in [0.2, 0.25) is 0 Å². The first-order chi connectivity index (χ1) is 9.78. The molecular weight excluding hydrogens is 254 g/mol. The zero-order valence-electron chi connectivity index (χ0n) is 12.0. The van der Waals surface area contributed by atoms with Gasteiger partial charge in [0.1, 0.15) is 6.10 Å². The van der Waals surface area contributed by atoms with Crippen molar-refractivity contribution in [2.75, 3.05) is 13.7 Å². The number of benzene rings is 1. The van der Waals surface area contributed by atoms with Crippen LogP contribution in [0, 0.1) is 0 Å². The van der Waals surface area contributed by atoms with E-state index in [0.29, 0.717) is 18.3 Å². The lowest BCUT2D eigenvalue weighted by molar-refractivity contribution is 0.0854. The molecule has 0 aliphatic heterocycles. The van der Waals surface area contributed by atoms with Crippen molar-refractivity contribution >= 4 is 0 Å². The van der Waals surface area contributed by atoms with Crippen LogP contribution in [-0.4, -0.2) is 23.8 Å². The number of nitrogens with two attached hydrogens (primary N) is 1. The van der Waals surface area contributed by atoms with Crippen molar-refractivity contribution in [3.8, 4) is 11.5 Å². The fraction of sp³-hybridized carbons (Fsp3) is 0.467.